The van der Waals surface area contributed by atoms with E-state index in [1.807, 2.05) is 48.5 Å². The highest BCUT2D eigenvalue weighted by atomic mass is 16.6. The molecule has 0 heterocycles. The third-order valence-electron chi connectivity index (χ3n) is 9.51. The molecule has 0 bridgehead atoms. The van der Waals surface area contributed by atoms with Crippen LogP contribution in [0.4, 0.5) is 9.59 Å². The van der Waals surface area contributed by atoms with E-state index in [1.165, 1.54) is 6.92 Å². The fourth-order valence-electron chi connectivity index (χ4n) is 6.85. The fraction of sp³-hybridized carbons (Fsp3) is 0.596. The van der Waals surface area contributed by atoms with Crippen molar-refractivity contribution >= 4 is 41.8 Å². The Balaban J connectivity index is 1.61. The van der Waals surface area contributed by atoms with Crippen molar-refractivity contribution in [1.82, 2.24) is 26.6 Å². The average Bonchev–Trinajstić information content (AvgIpc) is 3.48. The molecule has 2 aromatic rings. The molecule has 0 unspecified atom stereocenters. The number of nitrogens with one attached hydrogen (secondary N) is 5. The van der Waals surface area contributed by atoms with Gasteiger partial charge in [0.15, 0.2) is 0 Å². The maximum Gasteiger partial charge on any atom is 0.407 e. The molecule has 5 N–H and O–H groups in total. The van der Waals surface area contributed by atoms with Gasteiger partial charge in [0.25, 0.3) is 0 Å². The van der Waals surface area contributed by atoms with Crippen LogP contribution < -0.4 is 26.6 Å². The molecule has 0 radical (unpaired) electrons. The van der Waals surface area contributed by atoms with Crippen LogP contribution in [0, 0.1) is 0 Å². The number of hydrogen-bond acceptors (Lipinski definition) is 11. The van der Waals surface area contributed by atoms with Gasteiger partial charge in [-0.25, -0.2) is 19.2 Å². The zero-order chi connectivity index (χ0) is 47.0. The summed E-state index contributed by atoms with van der Waals surface area (Å²) in [4.78, 5) is 90.2. The van der Waals surface area contributed by atoms with Gasteiger partial charge in [-0.15, -0.1) is 0 Å². The second-order valence-corrected chi connectivity index (χ2v) is 18.7. The Morgan fingerprint density at radius 2 is 1.03 bits per heavy atom. The largest absolute Gasteiger partial charge is 0.460 e. The number of urea groups is 1. The topological polar surface area (TPSA) is 217 Å². The molecule has 3 atom stereocenters. The molecule has 3 rings (SSSR count). The predicted octanol–water partition coefficient (Wildman–Crippen LogP) is 6.33. The van der Waals surface area contributed by atoms with Crippen molar-refractivity contribution in [3.05, 3.63) is 59.7 Å². The number of hydrogen-bond donors (Lipinski definition) is 5. The van der Waals surface area contributed by atoms with Crippen LogP contribution in [0.5, 0.6) is 0 Å². The molecule has 1 aliphatic carbocycles. The Morgan fingerprint density at radius 3 is 1.52 bits per heavy atom. The Kier molecular flexibility index (Phi) is 19.4. The van der Waals surface area contributed by atoms with Crippen LogP contribution in [-0.4, -0.2) is 96.5 Å². The molecule has 0 saturated carbocycles. The first kappa shape index (κ1) is 51.7. The third-order valence-corrected chi connectivity index (χ3v) is 9.51. The van der Waals surface area contributed by atoms with E-state index in [9.17, 15) is 33.6 Å². The quantitative estimate of drug-likeness (QED) is 0.0531. The molecule has 1 aliphatic rings. The summed E-state index contributed by atoms with van der Waals surface area (Å²) in [6.45, 7) is 17.4. The van der Waals surface area contributed by atoms with E-state index in [1.54, 1.807) is 62.3 Å². The van der Waals surface area contributed by atoms with Crippen LogP contribution in [0.1, 0.15) is 138 Å². The summed E-state index contributed by atoms with van der Waals surface area (Å²) in [6, 6.07) is 11.8. The van der Waals surface area contributed by atoms with E-state index < -0.39 is 70.9 Å². The number of carbonyl (C=O) groups is 7. The van der Waals surface area contributed by atoms with Crippen molar-refractivity contribution in [1.29, 1.82) is 0 Å². The van der Waals surface area contributed by atoms with Gasteiger partial charge < -0.3 is 45.5 Å². The van der Waals surface area contributed by atoms with Crippen molar-refractivity contribution in [2.45, 2.75) is 161 Å². The lowest BCUT2D eigenvalue weighted by Crippen LogP contribution is -2.53. The number of amides is 5. The maximum absolute atomic E-state index is 13.5. The van der Waals surface area contributed by atoms with E-state index in [2.05, 4.69) is 26.6 Å². The summed E-state index contributed by atoms with van der Waals surface area (Å²) in [7, 11) is 0. The second kappa shape index (κ2) is 23.7. The minimum Gasteiger partial charge on any atom is -0.460 e. The molecule has 0 saturated heterocycles. The molecular weight excluding hydrogens is 811 g/mol. The molecule has 0 fully saturated rings. The first-order chi connectivity index (χ1) is 29.4. The average molecular weight is 880 g/mol. The Labute approximate surface area is 372 Å². The van der Waals surface area contributed by atoms with Crippen molar-refractivity contribution in [2.75, 3.05) is 19.7 Å². The molecular formula is C47H69N5O11. The molecule has 0 spiro atoms. The summed E-state index contributed by atoms with van der Waals surface area (Å²) in [6.07, 6.45) is 1.26. The molecule has 16 nitrogen and oxygen atoms in total. The normalized spacial score (nSPS) is 13.8. The van der Waals surface area contributed by atoms with Crippen LogP contribution >= 0.6 is 0 Å². The monoisotopic (exact) mass is 879 g/mol. The summed E-state index contributed by atoms with van der Waals surface area (Å²) < 4.78 is 22.2. The molecule has 0 aromatic heterocycles. The first-order valence-corrected chi connectivity index (χ1v) is 21.8. The van der Waals surface area contributed by atoms with Crippen molar-refractivity contribution < 1.29 is 52.5 Å². The molecule has 5 amide bonds. The number of alkyl carbamates (subject to hydrolysis) is 1. The summed E-state index contributed by atoms with van der Waals surface area (Å²) in [5.74, 6) is -2.76. The smallest absolute Gasteiger partial charge is 0.407 e. The zero-order valence-electron chi connectivity index (χ0n) is 38.7. The summed E-state index contributed by atoms with van der Waals surface area (Å²) >= 11 is 0. The van der Waals surface area contributed by atoms with Gasteiger partial charge >= 0.3 is 30.0 Å². The lowest BCUT2D eigenvalue weighted by molar-refractivity contribution is -0.159. The minimum atomic E-state index is -1.23. The van der Waals surface area contributed by atoms with Gasteiger partial charge in [-0.1, -0.05) is 48.5 Å². The van der Waals surface area contributed by atoms with Crippen LogP contribution in [0.25, 0.3) is 11.1 Å². The number of ether oxygens (including phenoxy) is 4. The zero-order valence-corrected chi connectivity index (χ0v) is 38.7. The Hall–Kier alpha value is -5.67. The number of carbonyl (C=O) groups excluding carboxylic acids is 7. The molecule has 2 aromatic carbocycles. The van der Waals surface area contributed by atoms with Crippen LogP contribution in [0.3, 0.4) is 0 Å². The van der Waals surface area contributed by atoms with Gasteiger partial charge in [0.05, 0.1) is 0 Å². The number of benzene rings is 2. The highest BCUT2D eigenvalue weighted by Crippen LogP contribution is 2.44. The van der Waals surface area contributed by atoms with Crippen LogP contribution in [0.2, 0.25) is 0 Å². The molecule has 348 valence electrons. The van der Waals surface area contributed by atoms with E-state index in [-0.39, 0.29) is 50.7 Å². The minimum absolute atomic E-state index is 0.0787. The highest BCUT2D eigenvalue weighted by Gasteiger charge is 2.33. The third kappa shape index (κ3) is 19.1. The number of rotatable bonds is 21. The van der Waals surface area contributed by atoms with Crippen molar-refractivity contribution in [3.63, 3.8) is 0 Å². The predicted molar refractivity (Wildman–Crippen MR) is 237 cm³/mol. The number of fused-ring (bicyclic) bond motifs is 3. The molecule has 0 aliphatic heterocycles. The lowest BCUT2D eigenvalue weighted by atomic mass is 9.98. The van der Waals surface area contributed by atoms with E-state index in [0.29, 0.717) is 32.2 Å². The van der Waals surface area contributed by atoms with Gasteiger partial charge in [-0.3, -0.25) is 14.4 Å². The van der Waals surface area contributed by atoms with Gasteiger partial charge in [0.2, 0.25) is 11.8 Å². The maximum atomic E-state index is 13.5. The van der Waals surface area contributed by atoms with Gasteiger partial charge in [-0.05, 0) is 130 Å². The summed E-state index contributed by atoms with van der Waals surface area (Å²) in [5, 5.41) is 13.5. The number of unbranched alkanes of at least 4 members (excludes halogenated alkanes) is 2. The van der Waals surface area contributed by atoms with E-state index in [0.717, 1.165) is 22.3 Å². The lowest BCUT2D eigenvalue weighted by Gasteiger charge is -2.27. The SMILES string of the molecule is CC(=O)NCCCC[C@H](NC(=O)OCC1c2ccccc2-c2ccccc21)C(=O)NCCCC[C@H](NC(=O)N[C@@H](CCC(=O)OC(C)(C)C)C(=O)OC(C)(C)C)C(=O)OC(C)(C)C. The fourth-order valence-corrected chi connectivity index (χ4v) is 6.85. The van der Waals surface area contributed by atoms with Gasteiger partial charge in [-0.2, -0.15) is 0 Å². The summed E-state index contributed by atoms with van der Waals surface area (Å²) in [5.41, 5.74) is 1.81. The Bertz CT molecular complexity index is 1850. The molecule has 16 heteroatoms. The number of esters is 3. The standard InChI is InChI=1S/C47H69N5O11/c1-30(53)48-27-17-15-23-36(52-44(59)60-29-35-33-21-13-11-19-31(33)32-20-12-14-22-34(32)35)40(55)49-28-18-16-24-37(41(56)62-46(5,6)7)50-43(58)51-38(42(57)63-47(8,9)10)25-26-39(54)61-45(2,3)4/h11-14,19-22,35-38H,15-18,23-29H2,1-10H3,(H,48,53)(H,49,55)(H,52,59)(H2,50,51,58)/t36-,37-,38-/m0/s1. The second-order valence-electron chi connectivity index (χ2n) is 18.7. The van der Waals surface area contributed by atoms with E-state index in [4.69, 9.17) is 18.9 Å². The van der Waals surface area contributed by atoms with Gasteiger partial charge in [0, 0.05) is 32.4 Å². The van der Waals surface area contributed by atoms with Crippen LogP contribution in [-0.2, 0) is 42.9 Å². The van der Waals surface area contributed by atoms with Gasteiger partial charge in [0.1, 0.15) is 41.5 Å². The van der Waals surface area contributed by atoms with Crippen LogP contribution in [0.15, 0.2) is 48.5 Å². The van der Waals surface area contributed by atoms with Crippen molar-refractivity contribution in [3.8, 4) is 11.1 Å². The Morgan fingerprint density at radius 1 is 0.571 bits per heavy atom. The molecule has 63 heavy (non-hydrogen) atoms. The van der Waals surface area contributed by atoms with Crippen molar-refractivity contribution in [2.24, 2.45) is 0 Å². The highest BCUT2D eigenvalue weighted by molar-refractivity contribution is 5.88. The first-order valence-electron chi connectivity index (χ1n) is 21.8. The van der Waals surface area contributed by atoms with E-state index >= 15 is 0 Å².